The second kappa shape index (κ2) is 10.8. The Hall–Kier alpha value is -5.90. The maximum absolute atomic E-state index is 3.41. The molecule has 0 unspecified atom stereocenters. The van der Waals surface area contributed by atoms with Crippen molar-refractivity contribution in [2.75, 3.05) is 4.90 Å². The number of thiophene rings is 1. The van der Waals surface area contributed by atoms with E-state index in [0.29, 0.717) is 0 Å². The smallest absolute Gasteiger partial charge is 0.0640 e. The normalized spacial score (nSPS) is 12.6. The molecule has 8 aromatic rings. The van der Waals surface area contributed by atoms with Crippen molar-refractivity contribution in [2.24, 2.45) is 0 Å². The highest BCUT2D eigenvalue weighted by atomic mass is 32.1. The van der Waals surface area contributed by atoms with Crippen LogP contribution in [-0.4, -0.2) is 0 Å². The third-order valence-electron chi connectivity index (χ3n) is 9.90. The van der Waals surface area contributed by atoms with E-state index in [1.807, 2.05) is 11.3 Å². The lowest BCUT2D eigenvalue weighted by molar-refractivity contribution is 0.871. The van der Waals surface area contributed by atoms with Crippen LogP contribution in [0.5, 0.6) is 0 Å². The molecule has 0 saturated carbocycles. The van der Waals surface area contributed by atoms with Gasteiger partial charge in [-0.25, -0.2) is 0 Å². The Kier molecular flexibility index (Phi) is 6.15. The van der Waals surface area contributed by atoms with E-state index in [1.54, 1.807) is 0 Å². The SMILES string of the molecule is C1=Cc2sc3c(N(c4ccc(-c5ccccc5)cc4)c4ccc(-c5ccc6c(c5)-c5cccc7cccc-6c57)cc4)cccc3c2CN1. The summed E-state index contributed by atoms with van der Waals surface area (Å²) in [6.07, 6.45) is 4.27. The largest absolute Gasteiger partial charge is 0.387 e. The van der Waals surface area contributed by atoms with Gasteiger partial charge in [-0.05, 0) is 110 Å². The molecule has 1 aromatic heterocycles. The maximum atomic E-state index is 3.41. The third kappa shape index (κ3) is 4.25. The molecule has 1 N–H and O–H groups in total. The van der Waals surface area contributed by atoms with Gasteiger partial charge < -0.3 is 10.2 Å². The number of anilines is 3. The number of rotatable bonds is 5. The van der Waals surface area contributed by atoms with E-state index in [2.05, 4.69) is 174 Å². The maximum Gasteiger partial charge on any atom is 0.0640 e. The second-order valence-corrected chi connectivity index (χ2v) is 13.6. The number of fused-ring (bicyclic) bond motifs is 6. The molecule has 1 aliphatic carbocycles. The number of nitrogens with one attached hydrogen (secondary N) is 1. The summed E-state index contributed by atoms with van der Waals surface area (Å²) in [5.41, 5.74) is 15.0. The molecule has 3 heteroatoms. The van der Waals surface area contributed by atoms with Gasteiger partial charge in [-0.15, -0.1) is 11.3 Å². The lowest BCUT2D eigenvalue weighted by Crippen LogP contribution is -2.10. The number of hydrogen-bond donors (Lipinski definition) is 1. The topological polar surface area (TPSA) is 15.3 Å². The van der Waals surface area contributed by atoms with Crippen molar-refractivity contribution in [1.29, 1.82) is 0 Å². The van der Waals surface area contributed by atoms with Crippen LogP contribution in [0.3, 0.4) is 0 Å². The van der Waals surface area contributed by atoms with E-state index in [9.17, 15) is 0 Å². The van der Waals surface area contributed by atoms with Gasteiger partial charge in [0.25, 0.3) is 0 Å². The molecule has 0 radical (unpaired) electrons. The predicted molar refractivity (Wildman–Crippen MR) is 205 cm³/mol. The van der Waals surface area contributed by atoms with E-state index in [1.165, 1.54) is 81.5 Å². The fourth-order valence-electron chi connectivity index (χ4n) is 7.60. The van der Waals surface area contributed by atoms with Crippen molar-refractivity contribution in [3.63, 3.8) is 0 Å². The summed E-state index contributed by atoms with van der Waals surface area (Å²) < 4.78 is 1.31. The summed E-state index contributed by atoms with van der Waals surface area (Å²) in [5, 5.41) is 7.41. The van der Waals surface area contributed by atoms with Gasteiger partial charge in [0.1, 0.15) is 0 Å². The molecule has 2 heterocycles. The molecular weight excluding hydrogens is 601 g/mol. The lowest BCUT2D eigenvalue weighted by Gasteiger charge is -2.26. The summed E-state index contributed by atoms with van der Waals surface area (Å²) in [6.45, 7) is 0.857. The molecule has 0 spiro atoms. The summed E-state index contributed by atoms with van der Waals surface area (Å²) >= 11 is 1.88. The van der Waals surface area contributed by atoms with E-state index >= 15 is 0 Å². The quantitative estimate of drug-likeness (QED) is 0.204. The molecule has 0 saturated heterocycles. The van der Waals surface area contributed by atoms with Gasteiger partial charge in [0.05, 0.1) is 10.4 Å². The van der Waals surface area contributed by atoms with Crippen LogP contribution in [0.4, 0.5) is 17.1 Å². The molecule has 0 bridgehead atoms. The van der Waals surface area contributed by atoms with E-state index in [4.69, 9.17) is 0 Å². The zero-order chi connectivity index (χ0) is 31.6. The summed E-state index contributed by atoms with van der Waals surface area (Å²) in [6, 6.07) is 55.7. The van der Waals surface area contributed by atoms with Crippen molar-refractivity contribution in [1.82, 2.24) is 5.32 Å². The standard InChI is InChI=1S/C45H30N2S/c1-2-7-29(8-3-1)30-15-20-34(21-16-30)47(42-14-6-13-39-41-28-46-26-25-43(41)48-45(39)42)35-22-17-31(18-23-35)33-19-24-36-37-11-4-9-32-10-5-12-38(44(32)37)40(36)27-33/h1-27,46H,28H2. The minimum absolute atomic E-state index is 0.857. The summed E-state index contributed by atoms with van der Waals surface area (Å²) in [5.74, 6) is 0. The number of nitrogens with zero attached hydrogens (tertiary/aromatic N) is 1. The van der Waals surface area contributed by atoms with Crippen LogP contribution >= 0.6 is 11.3 Å². The van der Waals surface area contributed by atoms with Crippen LogP contribution in [-0.2, 0) is 6.54 Å². The highest BCUT2D eigenvalue weighted by molar-refractivity contribution is 7.20. The average molecular weight is 631 g/mol. The minimum atomic E-state index is 0.857. The molecule has 0 fully saturated rings. The van der Waals surface area contributed by atoms with Crippen LogP contribution in [0, 0.1) is 0 Å². The van der Waals surface area contributed by atoms with Gasteiger partial charge in [0.2, 0.25) is 0 Å². The minimum Gasteiger partial charge on any atom is -0.387 e. The Morgan fingerprint density at radius 2 is 1.17 bits per heavy atom. The first-order valence-corrected chi connectivity index (χ1v) is 17.3. The van der Waals surface area contributed by atoms with Crippen LogP contribution in [0.15, 0.2) is 158 Å². The second-order valence-electron chi connectivity index (χ2n) is 12.6. The Bertz CT molecular complexity index is 2540. The molecule has 0 amide bonds. The Labute approximate surface area is 283 Å². The molecule has 0 atom stereocenters. The lowest BCUT2D eigenvalue weighted by atomic mass is 9.97. The zero-order valence-electron chi connectivity index (χ0n) is 26.2. The van der Waals surface area contributed by atoms with Crippen molar-refractivity contribution < 1.29 is 0 Å². The predicted octanol–water partition coefficient (Wildman–Crippen LogP) is 12.6. The monoisotopic (exact) mass is 630 g/mol. The van der Waals surface area contributed by atoms with Crippen LogP contribution in [0.2, 0.25) is 0 Å². The van der Waals surface area contributed by atoms with Crippen LogP contribution in [0.25, 0.3) is 71.4 Å². The molecular formula is C45H30N2S. The van der Waals surface area contributed by atoms with Gasteiger partial charge in [-0.2, -0.15) is 0 Å². The first-order chi connectivity index (χ1) is 23.8. The van der Waals surface area contributed by atoms with Crippen molar-refractivity contribution in [3.8, 4) is 44.5 Å². The van der Waals surface area contributed by atoms with Crippen molar-refractivity contribution >= 4 is 55.3 Å². The van der Waals surface area contributed by atoms with Crippen LogP contribution in [0.1, 0.15) is 10.4 Å². The van der Waals surface area contributed by atoms with Crippen molar-refractivity contribution in [3.05, 3.63) is 168 Å². The van der Waals surface area contributed by atoms with E-state index < -0.39 is 0 Å². The third-order valence-corrected chi connectivity index (χ3v) is 11.1. The van der Waals surface area contributed by atoms with Crippen LogP contribution < -0.4 is 10.2 Å². The molecule has 7 aromatic carbocycles. The molecule has 226 valence electrons. The highest BCUT2D eigenvalue weighted by Crippen LogP contribution is 2.49. The van der Waals surface area contributed by atoms with Crippen molar-refractivity contribution in [2.45, 2.75) is 6.54 Å². The average Bonchev–Trinajstić information content (AvgIpc) is 3.70. The van der Waals surface area contributed by atoms with Gasteiger partial charge in [0, 0.05) is 28.2 Å². The molecule has 10 rings (SSSR count). The Morgan fingerprint density at radius 3 is 1.92 bits per heavy atom. The molecule has 2 aliphatic rings. The number of hydrogen-bond acceptors (Lipinski definition) is 3. The van der Waals surface area contributed by atoms with E-state index in [0.717, 1.165) is 17.9 Å². The molecule has 1 aliphatic heterocycles. The van der Waals surface area contributed by atoms with Gasteiger partial charge in [-0.3, -0.25) is 0 Å². The molecule has 2 nitrogen and oxygen atoms in total. The molecule has 48 heavy (non-hydrogen) atoms. The van der Waals surface area contributed by atoms with Gasteiger partial charge in [0.15, 0.2) is 0 Å². The highest BCUT2D eigenvalue weighted by Gasteiger charge is 2.23. The number of benzene rings is 7. The fraction of sp³-hybridized carbons (Fsp3) is 0.0222. The Balaban J connectivity index is 1.08. The summed E-state index contributed by atoms with van der Waals surface area (Å²) in [4.78, 5) is 3.75. The van der Waals surface area contributed by atoms with Gasteiger partial charge >= 0.3 is 0 Å². The Morgan fingerprint density at radius 1 is 0.521 bits per heavy atom. The van der Waals surface area contributed by atoms with Gasteiger partial charge in [-0.1, -0.05) is 115 Å². The summed E-state index contributed by atoms with van der Waals surface area (Å²) in [7, 11) is 0. The van der Waals surface area contributed by atoms with E-state index in [-0.39, 0.29) is 0 Å². The zero-order valence-corrected chi connectivity index (χ0v) is 27.0. The first-order valence-electron chi connectivity index (χ1n) is 16.5. The first kappa shape index (κ1) is 27.2. The fourth-order valence-corrected chi connectivity index (χ4v) is 8.82.